The molecule has 0 aromatic rings. The number of hydrogen-bond donors (Lipinski definition) is 2. The molecule has 0 aliphatic heterocycles. The minimum atomic E-state index is -0.952. The van der Waals surface area contributed by atoms with Crippen LogP contribution in [0.4, 0.5) is 0 Å². The molecule has 4 heteroatoms. The fourth-order valence-corrected chi connectivity index (χ4v) is 4.82. The van der Waals surface area contributed by atoms with Gasteiger partial charge in [-0.25, -0.2) is 9.59 Å². The monoisotopic (exact) mass is 656 g/mol. The molecule has 0 amide bonds. The molecule has 0 unspecified atom stereocenters. The molecule has 264 valence electrons. The van der Waals surface area contributed by atoms with Crippen molar-refractivity contribution < 1.29 is 19.8 Å². The van der Waals surface area contributed by atoms with Crippen LogP contribution < -0.4 is 0 Å². The number of carboxylic acids is 2. The van der Waals surface area contributed by atoms with E-state index in [-0.39, 0.29) is 0 Å². The van der Waals surface area contributed by atoms with Gasteiger partial charge in [-0.1, -0.05) is 206 Å². The summed E-state index contributed by atoms with van der Waals surface area (Å²) in [6.07, 6.45) is 63.1. The molecule has 48 heavy (non-hydrogen) atoms. The molecule has 0 saturated carbocycles. The molecule has 0 aliphatic carbocycles. The van der Waals surface area contributed by atoms with Crippen molar-refractivity contribution in [3.05, 3.63) is 133 Å². The minimum absolute atomic E-state index is 0.892. The molecule has 0 aliphatic rings. The molecule has 2 N–H and O–H groups in total. The molecule has 0 saturated heterocycles. The molecule has 0 bridgehead atoms. The number of hydrogen-bond acceptors (Lipinski definition) is 2. The smallest absolute Gasteiger partial charge is 0.328 e. The average molecular weight is 657 g/mol. The van der Waals surface area contributed by atoms with Gasteiger partial charge in [0.1, 0.15) is 0 Å². The Bertz CT molecular complexity index is 1120. The van der Waals surface area contributed by atoms with Crippen LogP contribution in [-0.2, 0) is 9.59 Å². The summed E-state index contributed by atoms with van der Waals surface area (Å²) in [5.41, 5.74) is 1.05. The highest BCUT2D eigenvalue weighted by Gasteiger charge is 1.96. The summed E-state index contributed by atoms with van der Waals surface area (Å²) < 4.78 is 0. The highest BCUT2D eigenvalue weighted by Crippen LogP contribution is 2.15. The maximum Gasteiger partial charge on any atom is 0.328 e. The SMILES string of the molecule is CCCCCCCCCCCC=CC=CC=CC=C(C=CC(=O)O)CCCCCCCCCC=CC=CC=CC=CC=CC=CC(=O)O. The molecule has 0 spiro atoms. The van der Waals surface area contributed by atoms with Gasteiger partial charge in [-0.3, -0.25) is 0 Å². The van der Waals surface area contributed by atoms with Crippen LogP contribution in [0.1, 0.15) is 129 Å². The Kier molecular flexibility index (Phi) is 34.5. The van der Waals surface area contributed by atoms with Crippen LogP contribution >= 0.6 is 0 Å². The van der Waals surface area contributed by atoms with E-state index in [1.807, 2.05) is 60.8 Å². The summed E-state index contributed by atoms with van der Waals surface area (Å²) in [6, 6.07) is 0. The Balaban J connectivity index is 4.02. The maximum absolute atomic E-state index is 11.0. The van der Waals surface area contributed by atoms with Crippen molar-refractivity contribution in [1.82, 2.24) is 0 Å². The number of rotatable bonds is 31. The predicted octanol–water partition coefficient (Wildman–Crippen LogP) is 13.1. The summed E-state index contributed by atoms with van der Waals surface area (Å²) in [5, 5.41) is 17.5. The third-order valence-corrected chi connectivity index (χ3v) is 7.52. The van der Waals surface area contributed by atoms with E-state index in [1.54, 1.807) is 18.2 Å². The first-order chi connectivity index (χ1) is 23.6. The Morgan fingerprint density at radius 2 is 0.771 bits per heavy atom. The van der Waals surface area contributed by atoms with Crippen LogP contribution in [0.25, 0.3) is 0 Å². The van der Waals surface area contributed by atoms with Gasteiger partial charge >= 0.3 is 11.9 Å². The van der Waals surface area contributed by atoms with E-state index in [9.17, 15) is 9.59 Å². The highest BCUT2D eigenvalue weighted by molar-refractivity contribution is 5.80. The van der Waals surface area contributed by atoms with Gasteiger partial charge in [0.2, 0.25) is 0 Å². The first kappa shape index (κ1) is 44.1. The van der Waals surface area contributed by atoms with E-state index < -0.39 is 11.9 Å². The van der Waals surface area contributed by atoms with E-state index in [2.05, 4.69) is 37.3 Å². The molecule has 0 fully saturated rings. The number of carbonyl (C=O) groups is 2. The second-order valence-electron chi connectivity index (χ2n) is 11.9. The number of unbranched alkanes of at least 4 members (excludes halogenated alkanes) is 16. The van der Waals surface area contributed by atoms with Crippen LogP contribution in [-0.4, -0.2) is 22.2 Å². The van der Waals surface area contributed by atoms with Gasteiger partial charge in [-0.15, -0.1) is 0 Å². The van der Waals surface area contributed by atoms with Gasteiger partial charge in [0, 0.05) is 12.2 Å². The lowest BCUT2D eigenvalue weighted by atomic mass is 10.0. The summed E-state index contributed by atoms with van der Waals surface area (Å²) in [7, 11) is 0. The molecule has 0 aromatic carbocycles. The topological polar surface area (TPSA) is 74.6 Å². The van der Waals surface area contributed by atoms with Gasteiger partial charge in [-0.2, -0.15) is 0 Å². The van der Waals surface area contributed by atoms with Gasteiger partial charge in [0.15, 0.2) is 0 Å². The molecular weight excluding hydrogens is 592 g/mol. The molecule has 0 radical (unpaired) electrons. The summed E-state index contributed by atoms with van der Waals surface area (Å²) >= 11 is 0. The largest absolute Gasteiger partial charge is 0.478 e. The van der Waals surface area contributed by atoms with E-state index in [0.29, 0.717) is 0 Å². The van der Waals surface area contributed by atoms with E-state index in [1.165, 1.54) is 102 Å². The van der Waals surface area contributed by atoms with Crippen LogP contribution in [0.5, 0.6) is 0 Å². The fourth-order valence-electron chi connectivity index (χ4n) is 4.82. The van der Waals surface area contributed by atoms with Crippen molar-refractivity contribution in [3.63, 3.8) is 0 Å². The molecular formula is C44H64O4. The van der Waals surface area contributed by atoms with Crippen LogP contribution in [0.2, 0.25) is 0 Å². The first-order valence-electron chi connectivity index (χ1n) is 18.4. The summed E-state index contributed by atoms with van der Waals surface area (Å²) in [5.74, 6) is -1.86. The molecule has 4 nitrogen and oxygen atoms in total. The Morgan fingerprint density at radius 3 is 1.23 bits per heavy atom. The normalized spacial score (nSPS) is 13.5. The second-order valence-corrected chi connectivity index (χ2v) is 11.9. The lowest BCUT2D eigenvalue weighted by molar-refractivity contribution is -0.132. The fraction of sp³-hybridized carbons (Fsp3) is 0.455. The van der Waals surface area contributed by atoms with E-state index >= 15 is 0 Å². The van der Waals surface area contributed by atoms with Crippen LogP contribution in [0.15, 0.2) is 133 Å². The average Bonchev–Trinajstić information content (AvgIpc) is 3.07. The van der Waals surface area contributed by atoms with Gasteiger partial charge in [0.05, 0.1) is 0 Å². The van der Waals surface area contributed by atoms with Crippen LogP contribution in [0, 0.1) is 0 Å². The van der Waals surface area contributed by atoms with Gasteiger partial charge in [-0.05, 0) is 44.1 Å². The number of carboxylic acid groups (broad SMARTS) is 2. The van der Waals surface area contributed by atoms with Crippen molar-refractivity contribution in [2.24, 2.45) is 0 Å². The lowest BCUT2D eigenvalue weighted by Gasteiger charge is -2.03. The summed E-state index contributed by atoms with van der Waals surface area (Å²) in [4.78, 5) is 21.4. The minimum Gasteiger partial charge on any atom is -0.478 e. The Hall–Kier alpha value is -3.92. The molecule has 0 rings (SSSR count). The second kappa shape index (κ2) is 37.5. The standard InChI is InChI=1S/C44H64O4/c1-2-3-4-5-6-7-8-9-10-16-19-22-25-28-31-34-37-42(40-41-44(47)48)38-35-32-29-26-23-20-17-14-12-11-13-15-18-21-24-27-30-33-36-39-43(45)46/h11-13,15,18-19,21-22,24-25,27-28,30-31,33-34,36-37,39-41H,2-10,14,16-17,20,23,26,29,32,35,38H2,1H3,(H,45,46)(H,47,48). The quantitative estimate of drug-likeness (QED) is 0.0442. The Labute approximate surface area is 293 Å². The molecule has 0 heterocycles. The van der Waals surface area contributed by atoms with Crippen LogP contribution in [0.3, 0.4) is 0 Å². The maximum atomic E-state index is 11.0. The lowest BCUT2D eigenvalue weighted by Crippen LogP contribution is -1.88. The Morgan fingerprint density at radius 1 is 0.396 bits per heavy atom. The van der Waals surface area contributed by atoms with Crippen molar-refractivity contribution >= 4 is 11.9 Å². The van der Waals surface area contributed by atoms with Crippen molar-refractivity contribution in [2.45, 2.75) is 129 Å². The zero-order valence-electron chi connectivity index (χ0n) is 29.8. The number of allylic oxidation sites excluding steroid dienone is 20. The van der Waals surface area contributed by atoms with Crippen molar-refractivity contribution in [2.75, 3.05) is 0 Å². The first-order valence-corrected chi connectivity index (χ1v) is 18.4. The zero-order chi connectivity index (χ0) is 35.0. The number of aliphatic carboxylic acids is 2. The highest BCUT2D eigenvalue weighted by atomic mass is 16.4. The zero-order valence-corrected chi connectivity index (χ0v) is 29.8. The van der Waals surface area contributed by atoms with Crippen molar-refractivity contribution in [1.29, 1.82) is 0 Å². The van der Waals surface area contributed by atoms with Crippen molar-refractivity contribution in [3.8, 4) is 0 Å². The molecule has 0 aromatic heterocycles. The van der Waals surface area contributed by atoms with Gasteiger partial charge in [0.25, 0.3) is 0 Å². The predicted molar refractivity (Wildman–Crippen MR) is 208 cm³/mol. The van der Waals surface area contributed by atoms with E-state index in [0.717, 1.165) is 43.8 Å². The van der Waals surface area contributed by atoms with E-state index in [4.69, 9.17) is 10.2 Å². The third kappa shape index (κ3) is 38.3. The molecule has 0 atom stereocenters. The third-order valence-electron chi connectivity index (χ3n) is 7.52. The summed E-state index contributed by atoms with van der Waals surface area (Å²) in [6.45, 7) is 2.27. The van der Waals surface area contributed by atoms with Gasteiger partial charge < -0.3 is 10.2 Å².